The zero-order valence-electron chi connectivity index (χ0n) is 12.9. The minimum atomic E-state index is -0.250. The van der Waals surface area contributed by atoms with E-state index in [-0.39, 0.29) is 5.91 Å². The van der Waals surface area contributed by atoms with Gasteiger partial charge in [-0.3, -0.25) is 4.79 Å². The van der Waals surface area contributed by atoms with Crippen LogP contribution in [0.1, 0.15) is 18.1 Å². The van der Waals surface area contributed by atoms with E-state index < -0.39 is 0 Å². The highest BCUT2D eigenvalue weighted by atomic mass is 127. The first-order valence-electron chi connectivity index (χ1n) is 7.48. The number of halogens is 2. The van der Waals surface area contributed by atoms with Crippen LogP contribution in [0.25, 0.3) is 0 Å². The van der Waals surface area contributed by atoms with Crippen molar-refractivity contribution in [1.29, 1.82) is 0 Å². The Morgan fingerprint density at radius 3 is 2.79 bits per heavy atom. The molecule has 1 aliphatic heterocycles. The maximum Gasteiger partial charge on any atom is 0.275 e. The number of anilines is 1. The Kier molecular flexibility index (Phi) is 5.20. The summed E-state index contributed by atoms with van der Waals surface area (Å²) in [6, 6.07) is 13.3. The van der Waals surface area contributed by atoms with Gasteiger partial charge in [-0.25, -0.2) is 4.99 Å². The Balaban J connectivity index is 2.25. The van der Waals surface area contributed by atoms with Crippen molar-refractivity contribution in [2.75, 3.05) is 11.9 Å². The minimum absolute atomic E-state index is 0.250. The molecule has 0 saturated carbocycles. The van der Waals surface area contributed by atoms with Gasteiger partial charge < -0.3 is 10.6 Å². The molecule has 0 aliphatic carbocycles. The Morgan fingerprint density at radius 1 is 1.25 bits per heavy atom. The topological polar surface area (TPSA) is 53.5 Å². The summed E-state index contributed by atoms with van der Waals surface area (Å²) in [6.07, 6.45) is 1.63. The number of carbonyl (C=O) groups is 1. The zero-order valence-corrected chi connectivity index (χ0v) is 15.9. The van der Waals surface area contributed by atoms with Crippen LogP contribution in [0.15, 0.2) is 59.4 Å². The van der Waals surface area contributed by atoms with Gasteiger partial charge in [0.05, 0.1) is 11.4 Å². The lowest BCUT2D eigenvalue weighted by Crippen LogP contribution is -2.15. The Bertz CT molecular complexity index is 861. The van der Waals surface area contributed by atoms with Crippen LogP contribution in [0.4, 0.5) is 5.69 Å². The number of nitrogens with zero attached hydrogens (tertiary/aromatic N) is 1. The SMILES string of the molecule is CCNC=C1N=C(c2ccccc2Cl)c2cc(I)ccc2NC1=O. The molecule has 4 nitrogen and oxygen atoms in total. The fraction of sp³-hybridized carbons (Fsp3) is 0.111. The summed E-state index contributed by atoms with van der Waals surface area (Å²) in [6.45, 7) is 2.67. The summed E-state index contributed by atoms with van der Waals surface area (Å²) < 4.78 is 1.06. The number of hydrogen-bond acceptors (Lipinski definition) is 3. The van der Waals surface area contributed by atoms with Crippen molar-refractivity contribution in [2.45, 2.75) is 6.92 Å². The molecule has 0 bridgehead atoms. The van der Waals surface area contributed by atoms with Gasteiger partial charge in [0, 0.05) is 32.5 Å². The summed E-state index contributed by atoms with van der Waals surface area (Å²) in [5.74, 6) is -0.250. The van der Waals surface area contributed by atoms with E-state index in [1.807, 2.05) is 49.4 Å². The van der Waals surface area contributed by atoms with Crippen molar-refractivity contribution in [3.8, 4) is 0 Å². The second-order valence-corrected chi connectivity index (χ2v) is 6.82. The third-order valence-corrected chi connectivity index (χ3v) is 4.52. The number of rotatable bonds is 3. The Labute approximate surface area is 159 Å². The van der Waals surface area contributed by atoms with E-state index in [0.29, 0.717) is 23.0 Å². The van der Waals surface area contributed by atoms with Crippen molar-refractivity contribution in [3.05, 3.63) is 74.1 Å². The minimum Gasteiger partial charge on any atom is -0.389 e. The van der Waals surface area contributed by atoms with Crippen LogP contribution in [0.3, 0.4) is 0 Å². The quantitative estimate of drug-likeness (QED) is 0.543. The van der Waals surface area contributed by atoms with Gasteiger partial charge in [0.25, 0.3) is 5.91 Å². The molecule has 3 rings (SSSR count). The molecule has 1 aliphatic rings. The summed E-state index contributed by atoms with van der Waals surface area (Å²) in [7, 11) is 0. The highest BCUT2D eigenvalue weighted by molar-refractivity contribution is 14.1. The molecule has 0 saturated heterocycles. The lowest BCUT2D eigenvalue weighted by Gasteiger charge is -2.11. The molecule has 1 amide bonds. The average Bonchev–Trinajstić information content (AvgIpc) is 2.70. The summed E-state index contributed by atoms with van der Waals surface area (Å²) in [5.41, 5.74) is 3.36. The van der Waals surface area contributed by atoms with Crippen molar-refractivity contribution >= 4 is 51.5 Å². The van der Waals surface area contributed by atoms with E-state index in [9.17, 15) is 4.79 Å². The molecule has 24 heavy (non-hydrogen) atoms. The summed E-state index contributed by atoms with van der Waals surface area (Å²) in [5, 5.41) is 6.55. The number of nitrogens with one attached hydrogen (secondary N) is 2. The molecule has 0 unspecified atom stereocenters. The van der Waals surface area contributed by atoms with Crippen molar-refractivity contribution < 1.29 is 4.79 Å². The van der Waals surface area contributed by atoms with Crippen LogP contribution in [0.5, 0.6) is 0 Å². The fourth-order valence-corrected chi connectivity index (χ4v) is 3.11. The van der Waals surface area contributed by atoms with Crippen LogP contribution in [0, 0.1) is 3.57 Å². The van der Waals surface area contributed by atoms with E-state index in [0.717, 1.165) is 20.4 Å². The van der Waals surface area contributed by atoms with E-state index in [2.05, 4.69) is 38.2 Å². The predicted octanol–water partition coefficient (Wildman–Crippen LogP) is 4.19. The molecule has 0 radical (unpaired) electrons. The van der Waals surface area contributed by atoms with Gasteiger partial charge in [0.1, 0.15) is 5.70 Å². The molecule has 2 aromatic rings. The van der Waals surface area contributed by atoms with Gasteiger partial charge in [0.15, 0.2) is 0 Å². The van der Waals surface area contributed by atoms with E-state index in [1.54, 1.807) is 6.20 Å². The number of amides is 1. The van der Waals surface area contributed by atoms with Crippen LogP contribution >= 0.6 is 34.2 Å². The van der Waals surface area contributed by atoms with Crippen LogP contribution in [-0.4, -0.2) is 18.2 Å². The first-order valence-corrected chi connectivity index (χ1v) is 8.94. The van der Waals surface area contributed by atoms with E-state index in [4.69, 9.17) is 11.6 Å². The van der Waals surface area contributed by atoms with Gasteiger partial charge >= 0.3 is 0 Å². The van der Waals surface area contributed by atoms with Gasteiger partial charge in [-0.05, 0) is 53.8 Å². The molecular weight excluding hydrogens is 437 g/mol. The van der Waals surface area contributed by atoms with E-state index >= 15 is 0 Å². The first-order chi connectivity index (χ1) is 11.6. The van der Waals surface area contributed by atoms with Crippen molar-refractivity contribution in [3.63, 3.8) is 0 Å². The Hall–Kier alpha value is -1.86. The summed E-state index contributed by atoms with van der Waals surface area (Å²) in [4.78, 5) is 17.1. The third kappa shape index (κ3) is 3.47. The van der Waals surface area contributed by atoms with Crippen LogP contribution < -0.4 is 10.6 Å². The molecule has 0 spiro atoms. The largest absolute Gasteiger partial charge is 0.389 e. The molecule has 0 fully saturated rings. The number of benzene rings is 2. The zero-order chi connectivity index (χ0) is 17.1. The number of carbonyl (C=O) groups excluding carboxylic acids is 1. The molecular formula is C18H15ClIN3O. The fourth-order valence-electron chi connectivity index (χ4n) is 2.39. The maximum absolute atomic E-state index is 12.5. The molecule has 0 aromatic heterocycles. The van der Waals surface area contributed by atoms with Gasteiger partial charge in [-0.1, -0.05) is 29.8 Å². The van der Waals surface area contributed by atoms with Gasteiger partial charge in [-0.15, -0.1) is 0 Å². The predicted molar refractivity (Wildman–Crippen MR) is 107 cm³/mol. The molecule has 2 N–H and O–H groups in total. The molecule has 0 atom stereocenters. The highest BCUT2D eigenvalue weighted by Crippen LogP contribution is 2.29. The number of hydrogen-bond donors (Lipinski definition) is 2. The smallest absolute Gasteiger partial charge is 0.275 e. The Morgan fingerprint density at radius 2 is 2.04 bits per heavy atom. The lowest BCUT2D eigenvalue weighted by molar-refractivity contribution is -0.112. The second kappa shape index (κ2) is 7.36. The molecule has 2 aromatic carbocycles. The molecule has 1 heterocycles. The van der Waals surface area contributed by atoms with Crippen molar-refractivity contribution in [2.24, 2.45) is 4.99 Å². The van der Waals surface area contributed by atoms with Crippen LogP contribution in [0.2, 0.25) is 5.02 Å². The monoisotopic (exact) mass is 451 g/mol. The second-order valence-electron chi connectivity index (χ2n) is 5.17. The number of benzodiazepines with no additional fused rings is 1. The third-order valence-electron chi connectivity index (χ3n) is 3.52. The summed E-state index contributed by atoms with van der Waals surface area (Å²) >= 11 is 8.62. The number of aliphatic imine (C=N–C) groups is 1. The van der Waals surface area contributed by atoms with Gasteiger partial charge in [0.2, 0.25) is 0 Å². The number of fused-ring (bicyclic) bond motifs is 1. The van der Waals surface area contributed by atoms with Crippen LogP contribution in [-0.2, 0) is 4.79 Å². The average molecular weight is 452 g/mol. The van der Waals surface area contributed by atoms with Gasteiger partial charge in [-0.2, -0.15) is 0 Å². The molecule has 6 heteroatoms. The normalized spacial score (nSPS) is 15.4. The van der Waals surface area contributed by atoms with E-state index in [1.165, 1.54) is 0 Å². The molecule has 122 valence electrons. The lowest BCUT2D eigenvalue weighted by atomic mass is 10.0. The standard InChI is InChI=1S/C18H15ClIN3O/c1-2-21-10-16-18(24)23-15-8-7-11(20)9-13(15)17(22-16)12-5-3-4-6-14(12)19/h3-10,21H,2H2,1H3,(H,23,24). The van der Waals surface area contributed by atoms with Crippen molar-refractivity contribution in [1.82, 2.24) is 5.32 Å². The maximum atomic E-state index is 12.5. The highest BCUT2D eigenvalue weighted by Gasteiger charge is 2.22. The first kappa shape index (κ1) is 17.0.